The zero-order valence-corrected chi connectivity index (χ0v) is 14.1. The Bertz CT molecular complexity index is 744. The monoisotopic (exact) mass is 318 g/mol. The highest BCUT2D eigenvalue weighted by Crippen LogP contribution is 2.35. The Morgan fingerprint density at radius 2 is 2.10 bits per heavy atom. The molecule has 21 heavy (non-hydrogen) atoms. The first-order chi connectivity index (χ1) is 10.1. The van der Waals surface area contributed by atoms with Gasteiger partial charge >= 0.3 is 0 Å². The van der Waals surface area contributed by atoms with Gasteiger partial charge in [-0.3, -0.25) is 0 Å². The van der Waals surface area contributed by atoms with Crippen molar-refractivity contribution in [3.63, 3.8) is 0 Å². The van der Waals surface area contributed by atoms with E-state index in [0.29, 0.717) is 6.04 Å². The average molecular weight is 319 g/mol. The highest BCUT2D eigenvalue weighted by atomic mass is 35.5. The van der Waals surface area contributed by atoms with Gasteiger partial charge in [0.25, 0.3) is 0 Å². The normalized spacial score (nSPS) is 14.5. The van der Waals surface area contributed by atoms with Gasteiger partial charge in [0.1, 0.15) is 5.82 Å². The third-order valence-electron chi connectivity index (χ3n) is 3.87. The topological polar surface area (TPSA) is 17.8 Å². The van der Waals surface area contributed by atoms with Crippen LogP contribution in [-0.2, 0) is 0 Å². The fraction of sp³-hybridized carbons (Fsp3) is 0.353. The van der Waals surface area contributed by atoms with Gasteiger partial charge in [-0.25, -0.2) is 4.98 Å². The predicted molar refractivity (Wildman–Crippen MR) is 91.5 cm³/mol. The summed E-state index contributed by atoms with van der Waals surface area (Å²) in [6.45, 7) is 6.32. The van der Waals surface area contributed by atoms with Crippen molar-refractivity contribution in [1.29, 1.82) is 0 Å². The number of nitrogens with zero attached hydrogens (tertiary/aromatic N) is 2. The second-order valence-corrected chi connectivity index (χ2v) is 6.97. The Balaban J connectivity index is 2.29. The van der Waals surface area contributed by atoms with Crippen molar-refractivity contribution in [3.8, 4) is 0 Å². The number of fused-ring (bicyclic) bond motifs is 1. The number of aromatic nitrogens is 2. The van der Waals surface area contributed by atoms with Crippen LogP contribution in [0.1, 0.15) is 48.0 Å². The Morgan fingerprint density at radius 3 is 2.71 bits per heavy atom. The minimum atomic E-state index is -0.106. The van der Waals surface area contributed by atoms with Crippen molar-refractivity contribution in [3.05, 3.63) is 52.0 Å². The highest BCUT2D eigenvalue weighted by molar-refractivity contribution is 7.10. The number of aryl methyl sites for hydroxylation is 1. The fourth-order valence-corrected chi connectivity index (χ4v) is 3.93. The van der Waals surface area contributed by atoms with E-state index in [9.17, 15) is 0 Å². The molecule has 3 aromatic rings. The van der Waals surface area contributed by atoms with E-state index in [1.54, 1.807) is 11.3 Å². The summed E-state index contributed by atoms with van der Waals surface area (Å²) < 4.78 is 2.33. The molecule has 0 saturated heterocycles. The molecule has 2 aromatic heterocycles. The summed E-state index contributed by atoms with van der Waals surface area (Å²) in [5.41, 5.74) is 3.44. The van der Waals surface area contributed by atoms with Crippen LogP contribution in [0.3, 0.4) is 0 Å². The van der Waals surface area contributed by atoms with Crippen LogP contribution in [0.5, 0.6) is 0 Å². The largest absolute Gasteiger partial charge is 0.318 e. The molecule has 2 nitrogen and oxygen atoms in total. The first-order valence-electron chi connectivity index (χ1n) is 7.28. The minimum absolute atomic E-state index is 0.106. The molecule has 0 spiro atoms. The summed E-state index contributed by atoms with van der Waals surface area (Å²) in [7, 11) is 0. The van der Waals surface area contributed by atoms with Crippen LogP contribution in [-0.4, -0.2) is 9.55 Å². The van der Waals surface area contributed by atoms with Crippen molar-refractivity contribution >= 4 is 34.0 Å². The lowest BCUT2D eigenvalue weighted by Gasteiger charge is -2.20. The average Bonchev–Trinajstić information content (AvgIpc) is 3.09. The number of imidazole rings is 1. The summed E-state index contributed by atoms with van der Waals surface area (Å²) in [5.74, 6) is 0.959. The minimum Gasteiger partial charge on any atom is -0.318 e. The van der Waals surface area contributed by atoms with Crippen LogP contribution in [0.15, 0.2) is 35.7 Å². The molecule has 0 radical (unpaired) electrons. The van der Waals surface area contributed by atoms with Crippen molar-refractivity contribution in [2.75, 3.05) is 0 Å². The molecule has 2 atom stereocenters. The van der Waals surface area contributed by atoms with Gasteiger partial charge in [0.05, 0.1) is 22.5 Å². The summed E-state index contributed by atoms with van der Waals surface area (Å²) in [6.07, 6.45) is 1.02. The van der Waals surface area contributed by atoms with E-state index in [1.807, 2.05) is 6.92 Å². The number of alkyl halides is 1. The van der Waals surface area contributed by atoms with Gasteiger partial charge in [-0.1, -0.05) is 25.1 Å². The molecule has 1 aromatic carbocycles. The lowest BCUT2D eigenvalue weighted by molar-refractivity contribution is 0.564. The van der Waals surface area contributed by atoms with Crippen LogP contribution in [0, 0.1) is 6.92 Å². The van der Waals surface area contributed by atoms with Gasteiger partial charge in [0.2, 0.25) is 0 Å². The van der Waals surface area contributed by atoms with E-state index < -0.39 is 0 Å². The first kappa shape index (κ1) is 14.6. The van der Waals surface area contributed by atoms with Gasteiger partial charge in [-0.05, 0) is 43.3 Å². The van der Waals surface area contributed by atoms with Crippen LogP contribution in [0.4, 0.5) is 0 Å². The van der Waals surface area contributed by atoms with Crippen molar-refractivity contribution < 1.29 is 0 Å². The summed E-state index contributed by atoms with van der Waals surface area (Å²) >= 11 is 8.21. The third-order valence-corrected chi connectivity index (χ3v) is 5.04. The number of hydrogen-bond acceptors (Lipinski definition) is 2. The molecule has 0 aliphatic rings. The van der Waals surface area contributed by atoms with Gasteiger partial charge in [0, 0.05) is 4.88 Å². The van der Waals surface area contributed by atoms with Crippen molar-refractivity contribution in [2.45, 2.75) is 38.6 Å². The van der Waals surface area contributed by atoms with Crippen LogP contribution in [0.25, 0.3) is 11.0 Å². The molecule has 3 rings (SSSR count). The number of para-hydroxylation sites is 1. The number of hydrogen-bond donors (Lipinski definition) is 0. The maximum Gasteiger partial charge on any atom is 0.128 e. The van der Waals surface area contributed by atoms with E-state index in [0.717, 1.165) is 17.8 Å². The number of thiophene rings is 1. The third kappa shape index (κ3) is 2.49. The zero-order valence-electron chi connectivity index (χ0n) is 12.5. The maximum absolute atomic E-state index is 6.41. The maximum atomic E-state index is 6.41. The lowest BCUT2D eigenvalue weighted by atomic mass is 10.1. The molecule has 0 bridgehead atoms. The molecule has 0 saturated carbocycles. The highest BCUT2D eigenvalue weighted by Gasteiger charge is 2.23. The molecule has 0 aliphatic carbocycles. The zero-order chi connectivity index (χ0) is 15.0. The second kappa shape index (κ2) is 5.82. The Hall–Kier alpha value is -1.32. The number of rotatable bonds is 4. The molecule has 2 heterocycles. The quantitative estimate of drug-likeness (QED) is 0.564. The van der Waals surface area contributed by atoms with E-state index in [1.165, 1.54) is 16.0 Å². The Labute approximate surface area is 134 Å². The molecule has 0 fully saturated rings. The molecular formula is C17H19ClN2S. The van der Waals surface area contributed by atoms with Gasteiger partial charge in [-0.2, -0.15) is 0 Å². The molecule has 0 N–H and O–H groups in total. The molecule has 4 heteroatoms. The van der Waals surface area contributed by atoms with Gasteiger partial charge < -0.3 is 4.57 Å². The van der Waals surface area contributed by atoms with Gasteiger partial charge in [0.15, 0.2) is 0 Å². The summed E-state index contributed by atoms with van der Waals surface area (Å²) in [5, 5.41) is 2.03. The smallest absolute Gasteiger partial charge is 0.128 e. The van der Waals surface area contributed by atoms with E-state index >= 15 is 0 Å². The Kier molecular flexibility index (Phi) is 4.05. The van der Waals surface area contributed by atoms with E-state index in [4.69, 9.17) is 16.6 Å². The SMILES string of the molecule is CCC(c1cccs1)n1c(C(C)Cl)nc2c(C)cccc21. The molecule has 0 amide bonds. The lowest BCUT2D eigenvalue weighted by Crippen LogP contribution is -2.12. The Morgan fingerprint density at radius 1 is 1.29 bits per heavy atom. The number of halogens is 1. The van der Waals surface area contributed by atoms with E-state index in [-0.39, 0.29) is 5.38 Å². The van der Waals surface area contributed by atoms with E-state index in [2.05, 4.69) is 54.1 Å². The summed E-state index contributed by atoms with van der Waals surface area (Å²) in [4.78, 5) is 6.18. The summed E-state index contributed by atoms with van der Waals surface area (Å²) in [6, 6.07) is 11.0. The molecule has 2 unspecified atom stereocenters. The number of benzene rings is 1. The van der Waals surface area contributed by atoms with Crippen LogP contribution >= 0.6 is 22.9 Å². The fourth-order valence-electron chi connectivity index (χ4n) is 2.88. The first-order valence-corrected chi connectivity index (χ1v) is 8.60. The molecule has 0 aliphatic heterocycles. The standard InChI is InChI=1S/C17H19ClN2S/c1-4-13(15-9-6-10-21-15)20-14-8-5-7-11(2)16(14)19-17(20)12(3)18/h5-10,12-13H,4H2,1-3H3. The molecular weight excluding hydrogens is 300 g/mol. The van der Waals surface area contributed by atoms with Crippen molar-refractivity contribution in [1.82, 2.24) is 9.55 Å². The van der Waals surface area contributed by atoms with Crippen molar-refractivity contribution in [2.24, 2.45) is 0 Å². The van der Waals surface area contributed by atoms with Crippen LogP contribution in [0.2, 0.25) is 0 Å². The predicted octanol–water partition coefficient (Wildman–Crippen LogP) is 5.71. The van der Waals surface area contributed by atoms with Crippen LogP contribution < -0.4 is 0 Å². The van der Waals surface area contributed by atoms with Gasteiger partial charge in [-0.15, -0.1) is 22.9 Å². The molecule has 110 valence electrons. The second-order valence-electron chi connectivity index (χ2n) is 5.34.